The molecule has 25 heavy (non-hydrogen) atoms. The van der Waals surface area contributed by atoms with Crippen LogP contribution in [0.4, 0.5) is 0 Å². The maximum atomic E-state index is 6.33. The number of methoxy groups -OCH3 is 1. The average Bonchev–Trinajstić information content (AvgIpc) is 3.04. The molecule has 0 radical (unpaired) electrons. The van der Waals surface area contributed by atoms with E-state index in [1.54, 1.807) is 18.9 Å². The van der Waals surface area contributed by atoms with Gasteiger partial charge in [0.2, 0.25) is 0 Å². The molecule has 1 atom stereocenters. The third-order valence-corrected chi connectivity index (χ3v) is 5.47. The van der Waals surface area contributed by atoms with Crippen LogP contribution in [0.15, 0.2) is 53.7 Å². The molecular formula is C19H20ClN3OS. The topological polar surface area (TPSA) is 39.9 Å². The standard InChI is InChI=1S/C19H20ClN3OS/c1-4-23-18(15-10-6-8-12-17(15)24-3)21-22-19(23)25-13(2)14-9-5-7-11-16(14)20/h5-13H,4H2,1-3H3. The molecule has 0 aliphatic rings. The number of ether oxygens (including phenoxy) is 1. The predicted octanol–water partition coefficient (Wildman–Crippen LogP) is 5.48. The fourth-order valence-corrected chi connectivity index (χ4v) is 4.16. The lowest BCUT2D eigenvalue weighted by molar-refractivity contribution is 0.416. The summed E-state index contributed by atoms with van der Waals surface area (Å²) in [5.74, 6) is 1.61. The van der Waals surface area contributed by atoms with Gasteiger partial charge in [0, 0.05) is 16.8 Å². The highest BCUT2D eigenvalue weighted by Crippen LogP contribution is 2.39. The molecule has 130 valence electrons. The molecule has 0 amide bonds. The molecule has 0 saturated carbocycles. The highest BCUT2D eigenvalue weighted by atomic mass is 35.5. The van der Waals surface area contributed by atoms with E-state index in [-0.39, 0.29) is 5.25 Å². The van der Waals surface area contributed by atoms with Crippen LogP contribution in [-0.4, -0.2) is 21.9 Å². The average molecular weight is 374 g/mol. The number of hydrogen-bond acceptors (Lipinski definition) is 4. The SMILES string of the molecule is CCn1c(SC(C)c2ccccc2Cl)nnc1-c1ccccc1OC. The van der Waals surface area contributed by atoms with Crippen molar-refractivity contribution in [2.45, 2.75) is 30.8 Å². The molecule has 1 heterocycles. The highest BCUT2D eigenvalue weighted by molar-refractivity contribution is 7.99. The Morgan fingerprint density at radius 1 is 1.12 bits per heavy atom. The number of nitrogens with zero attached hydrogens (tertiary/aromatic N) is 3. The third-order valence-electron chi connectivity index (χ3n) is 4.01. The molecule has 4 nitrogen and oxygen atoms in total. The molecule has 0 aliphatic carbocycles. The van der Waals surface area contributed by atoms with Crippen LogP contribution in [0.25, 0.3) is 11.4 Å². The molecule has 1 aromatic heterocycles. The van der Waals surface area contributed by atoms with Crippen molar-refractivity contribution in [3.05, 3.63) is 59.1 Å². The van der Waals surface area contributed by atoms with Gasteiger partial charge in [-0.15, -0.1) is 10.2 Å². The second kappa shape index (κ2) is 7.93. The van der Waals surface area contributed by atoms with Crippen molar-refractivity contribution >= 4 is 23.4 Å². The van der Waals surface area contributed by atoms with Gasteiger partial charge in [0.15, 0.2) is 11.0 Å². The molecule has 3 rings (SSSR count). The Hall–Kier alpha value is -1.98. The molecule has 0 spiro atoms. The molecule has 0 saturated heterocycles. The van der Waals surface area contributed by atoms with Gasteiger partial charge in [-0.3, -0.25) is 0 Å². The summed E-state index contributed by atoms with van der Waals surface area (Å²) in [6.07, 6.45) is 0. The lowest BCUT2D eigenvalue weighted by Crippen LogP contribution is -2.02. The Kier molecular flexibility index (Phi) is 5.66. The lowest BCUT2D eigenvalue weighted by atomic mass is 10.2. The van der Waals surface area contributed by atoms with E-state index in [1.165, 1.54) is 0 Å². The van der Waals surface area contributed by atoms with Gasteiger partial charge in [-0.2, -0.15) is 0 Å². The Morgan fingerprint density at radius 3 is 2.56 bits per heavy atom. The Bertz CT molecular complexity index is 865. The van der Waals surface area contributed by atoms with Gasteiger partial charge in [0.05, 0.1) is 12.7 Å². The summed E-state index contributed by atoms with van der Waals surface area (Å²) in [4.78, 5) is 0. The van der Waals surface area contributed by atoms with E-state index in [2.05, 4.69) is 28.6 Å². The first-order chi connectivity index (χ1) is 12.2. The minimum atomic E-state index is 0.175. The van der Waals surface area contributed by atoms with Crippen molar-refractivity contribution in [1.29, 1.82) is 0 Å². The number of benzene rings is 2. The van der Waals surface area contributed by atoms with E-state index in [0.717, 1.165) is 39.4 Å². The van der Waals surface area contributed by atoms with E-state index >= 15 is 0 Å². The number of hydrogen-bond donors (Lipinski definition) is 0. The number of rotatable bonds is 6. The molecular weight excluding hydrogens is 354 g/mol. The highest BCUT2D eigenvalue weighted by Gasteiger charge is 2.19. The lowest BCUT2D eigenvalue weighted by Gasteiger charge is -2.14. The summed E-state index contributed by atoms with van der Waals surface area (Å²) in [5.41, 5.74) is 2.04. The van der Waals surface area contributed by atoms with Gasteiger partial charge < -0.3 is 9.30 Å². The zero-order chi connectivity index (χ0) is 17.8. The van der Waals surface area contributed by atoms with Crippen LogP contribution in [0.5, 0.6) is 5.75 Å². The van der Waals surface area contributed by atoms with Crippen LogP contribution in [0, 0.1) is 0 Å². The Labute approximate surface area is 157 Å². The van der Waals surface area contributed by atoms with Crippen molar-refractivity contribution in [3.8, 4) is 17.1 Å². The second-order valence-electron chi connectivity index (χ2n) is 5.53. The number of para-hydroxylation sites is 1. The summed E-state index contributed by atoms with van der Waals surface area (Å²) in [7, 11) is 1.67. The smallest absolute Gasteiger partial charge is 0.192 e. The van der Waals surface area contributed by atoms with Gasteiger partial charge >= 0.3 is 0 Å². The monoisotopic (exact) mass is 373 g/mol. The molecule has 1 unspecified atom stereocenters. The van der Waals surface area contributed by atoms with Crippen LogP contribution in [-0.2, 0) is 6.54 Å². The molecule has 3 aromatic rings. The fraction of sp³-hybridized carbons (Fsp3) is 0.263. The van der Waals surface area contributed by atoms with E-state index < -0.39 is 0 Å². The summed E-state index contributed by atoms with van der Waals surface area (Å²) < 4.78 is 7.58. The predicted molar refractivity (Wildman–Crippen MR) is 103 cm³/mol. The second-order valence-corrected chi connectivity index (χ2v) is 7.25. The van der Waals surface area contributed by atoms with Crippen molar-refractivity contribution in [2.75, 3.05) is 7.11 Å². The van der Waals surface area contributed by atoms with E-state index in [0.29, 0.717) is 0 Å². The summed E-state index contributed by atoms with van der Waals surface area (Å²) in [6.45, 7) is 4.99. The van der Waals surface area contributed by atoms with Gasteiger partial charge in [-0.1, -0.05) is 53.7 Å². The Morgan fingerprint density at radius 2 is 1.84 bits per heavy atom. The first-order valence-electron chi connectivity index (χ1n) is 8.13. The summed E-state index contributed by atoms with van der Waals surface area (Å²) >= 11 is 7.98. The van der Waals surface area contributed by atoms with Gasteiger partial charge in [0.25, 0.3) is 0 Å². The molecule has 2 aromatic carbocycles. The van der Waals surface area contributed by atoms with Crippen LogP contribution in [0.3, 0.4) is 0 Å². The third kappa shape index (κ3) is 3.67. The van der Waals surface area contributed by atoms with E-state index in [9.17, 15) is 0 Å². The molecule has 0 N–H and O–H groups in total. The van der Waals surface area contributed by atoms with Crippen LogP contribution in [0.1, 0.15) is 24.7 Å². The number of halogens is 1. The maximum absolute atomic E-state index is 6.33. The normalized spacial score (nSPS) is 12.2. The zero-order valence-electron chi connectivity index (χ0n) is 14.4. The molecule has 0 aliphatic heterocycles. The summed E-state index contributed by atoms with van der Waals surface area (Å²) in [5, 5.41) is 10.6. The largest absolute Gasteiger partial charge is 0.496 e. The minimum absolute atomic E-state index is 0.175. The van der Waals surface area contributed by atoms with Gasteiger partial charge in [-0.05, 0) is 37.6 Å². The van der Waals surface area contributed by atoms with Crippen LogP contribution < -0.4 is 4.74 Å². The fourth-order valence-electron chi connectivity index (χ4n) is 2.72. The van der Waals surface area contributed by atoms with Crippen molar-refractivity contribution in [3.63, 3.8) is 0 Å². The van der Waals surface area contributed by atoms with Crippen molar-refractivity contribution in [1.82, 2.24) is 14.8 Å². The Balaban J connectivity index is 1.94. The zero-order valence-corrected chi connectivity index (χ0v) is 16.0. The van der Waals surface area contributed by atoms with Crippen molar-refractivity contribution < 1.29 is 4.74 Å². The van der Waals surface area contributed by atoms with Crippen LogP contribution >= 0.6 is 23.4 Å². The van der Waals surface area contributed by atoms with Gasteiger partial charge in [-0.25, -0.2) is 0 Å². The minimum Gasteiger partial charge on any atom is -0.496 e. The molecule has 0 bridgehead atoms. The quantitative estimate of drug-likeness (QED) is 0.536. The van der Waals surface area contributed by atoms with E-state index in [1.807, 2.05) is 48.5 Å². The number of aromatic nitrogens is 3. The van der Waals surface area contributed by atoms with E-state index in [4.69, 9.17) is 16.3 Å². The summed E-state index contributed by atoms with van der Waals surface area (Å²) in [6, 6.07) is 15.8. The first kappa shape index (κ1) is 17.8. The van der Waals surface area contributed by atoms with Gasteiger partial charge in [0.1, 0.15) is 5.75 Å². The van der Waals surface area contributed by atoms with Crippen molar-refractivity contribution in [2.24, 2.45) is 0 Å². The number of thioether (sulfide) groups is 1. The molecule has 6 heteroatoms. The maximum Gasteiger partial charge on any atom is 0.192 e. The molecule has 0 fully saturated rings. The first-order valence-corrected chi connectivity index (χ1v) is 9.39. The van der Waals surface area contributed by atoms with Crippen LogP contribution in [0.2, 0.25) is 5.02 Å².